The quantitative estimate of drug-likeness (QED) is 0.892. The van der Waals surface area contributed by atoms with Crippen LogP contribution in [0.2, 0.25) is 0 Å². The topological polar surface area (TPSA) is 91.2 Å². The van der Waals surface area contributed by atoms with Crippen molar-refractivity contribution in [3.63, 3.8) is 0 Å². The van der Waals surface area contributed by atoms with E-state index in [1.54, 1.807) is 43.3 Å². The molecule has 0 fully saturated rings. The van der Waals surface area contributed by atoms with Crippen LogP contribution in [0.5, 0.6) is 5.75 Å². The summed E-state index contributed by atoms with van der Waals surface area (Å²) < 4.78 is 5.46. The van der Waals surface area contributed by atoms with Crippen molar-refractivity contribution < 1.29 is 14.3 Å². The maximum absolute atomic E-state index is 12.2. The maximum Gasteiger partial charge on any atom is 0.265 e. The normalized spacial score (nSPS) is 15.7. The summed E-state index contributed by atoms with van der Waals surface area (Å²) in [6.45, 7) is 1.66. The molecule has 0 saturated carbocycles. The van der Waals surface area contributed by atoms with Gasteiger partial charge in [-0.1, -0.05) is 6.07 Å². The molecule has 0 radical (unpaired) electrons. The van der Waals surface area contributed by atoms with Crippen molar-refractivity contribution >= 4 is 23.2 Å². The van der Waals surface area contributed by atoms with Crippen LogP contribution < -0.4 is 15.4 Å². The fraction of sp³-hybridized carbons (Fsp3) is 0.118. The van der Waals surface area contributed by atoms with E-state index in [1.165, 1.54) is 6.07 Å². The summed E-state index contributed by atoms with van der Waals surface area (Å²) in [5, 5.41) is 14.3. The van der Waals surface area contributed by atoms with Crippen LogP contribution in [0.4, 0.5) is 11.4 Å². The molecule has 2 aromatic carbocycles. The SMILES string of the molecule is C[C@@H]1Oc2ccc(NC(=O)c3cccc(C#N)c3)cc2NC1=O. The lowest BCUT2D eigenvalue weighted by atomic mass is 10.1. The summed E-state index contributed by atoms with van der Waals surface area (Å²) in [4.78, 5) is 23.9. The fourth-order valence-electron chi connectivity index (χ4n) is 2.22. The maximum atomic E-state index is 12.2. The van der Waals surface area contributed by atoms with Crippen molar-refractivity contribution in [1.29, 1.82) is 5.26 Å². The van der Waals surface area contributed by atoms with Crippen LogP contribution in [0, 0.1) is 11.3 Å². The van der Waals surface area contributed by atoms with Gasteiger partial charge in [-0.2, -0.15) is 5.26 Å². The summed E-state index contributed by atoms with van der Waals surface area (Å²) in [6, 6.07) is 13.4. The first kappa shape index (κ1) is 14.6. The van der Waals surface area contributed by atoms with Gasteiger partial charge in [-0.25, -0.2) is 0 Å². The molecule has 2 N–H and O–H groups in total. The second-order valence-corrected chi connectivity index (χ2v) is 5.11. The zero-order valence-corrected chi connectivity index (χ0v) is 12.3. The summed E-state index contributed by atoms with van der Waals surface area (Å²) >= 11 is 0. The Labute approximate surface area is 132 Å². The number of benzene rings is 2. The van der Waals surface area contributed by atoms with Crippen LogP contribution in [0.1, 0.15) is 22.8 Å². The van der Waals surface area contributed by atoms with E-state index in [-0.39, 0.29) is 11.8 Å². The molecule has 6 heteroatoms. The van der Waals surface area contributed by atoms with Gasteiger partial charge in [0.25, 0.3) is 11.8 Å². The highest BCUT2D eigenvalue weighted by molar-refractivity contribution is 6.05. The molecule has 2 aromatic rings. The molecule has 0 aliphatic carbocycles. The van der Waals surface area contributed by atoms with Crippen LogP contribution in [0.25, 0.3) is 0 Å². The molecular formula is C17H13N3O3. The van der Waals surface area contributed by atoms with Crippen molar-refractivity contribution in [3.8, 4) is 11.8 Å². The summed E-state index contributed by atoms with van der Waals surface area (Å²) in [7, 11) is 0. The lowest BCUT2D eigenvalue weighted by Gasteiger charge is -2.23. The molecule has 1 atom stereocenters. The largest absolute Gasteiger partial charge is 0.479 e. The lowest BCUT2D eigenvalue weighted by molar-refractivity contribution is -0.122. The standard InChI is InChI=1S/C17H13N3O3/c1-10-16(21)20-14-8-13(5-6-15(14)23-10)19-17(22)12-4-2-3-11(7-12)9-18/h2-8,10H,1H3,(H,19,22)(H,20,21)/t10-/m0/s1. The van der Waals surface area contributed by atoms with Crippen molar-refractivity contribution in [2.45, 2.75) is 13.0 Å². The van der Waals surface area contributed by atoms with Crippen molar-refractivity contribution in [2.75, 3.05) is 10.6 Å². The zero-order valence-electron chi connectivity index (χ0n) is 12.3. The van der Waals surface area contributed by atoms with Gasteiger partial charge in [-0.15, -0.1) is 0 Å². The Morgan fingerprint density at radius 2 is 2.13 bits per heavy atom. The van der Waals surface area contributed by atoms with Gasteiger partial charge in [0.15, 0.2) is 6.10 Å². The second-order valence-electron chi connectivity index (χ2n) is 5.11. The number of hydrogen-bond donors (Lipinski definition) is 2. The first-order valence-corrected chi connectivity index (χ1v) is 7.00. The van der Waals surface area contributed by atoms with Crippen LogP contribution >= 0.6 is 0 Å². The van der Waals surface area contributed by atoms with Crippen molar-refractivity contribution in [3.05, 3.63) is 53.6 Å². The van der Waals surface area contributed by atoms with Crippen LogP contribution in [-0.4, -0.2) is 17.9 Å². The number of rotatable bonds is 2. The van der Waals surface area contributed by atoms with E-state index in [0.717, 1.165) is 0 Å². The highest BCUT2D eigenvalue weighted by Gasteiger charge is 2.23. The Hall–Kier alpha value is -3.33. The molecule has 6 nitrogen and oxygen atoms in total. The number of hydrogen-bond acceptors (Lipinski definition) is 4. The first-order chi connectivity index (χ1) is 11.1. The Morgan fingerprint density at radius 1 is 1.30 bits per heavy atom. The van der Waals surface area contributed by atoms with Gasteiger partial charge in [0.1, 0.15) is 5.75 Å². The van der Waals surface area contributed by atoms with Gasteiger partial charge >= 0.3 is 0 Å². The predicted octanol–water partition coefficient (Wildman–Crippen LogP) is 2.53. The summed E-state index contributed by atoms with van der Waals surface area (Å²) in [5.74, 6) is -0.0113. The third kappa shape index (κ3) is 2.99. The molecule has 1 heterocycles. The molecular weight excluding hydrogens is 294 g/mol. The highest BCUT2D eigenvalue weighted by atomic mass is 16.5. The zero-order chi connectivity index (χ0) is 16.4. The van der Waals surface area contributed by atoms with E-state index < -0.39 is 6.10 Å². The van der Waals surface area contributed by atoms with Gasteiger partial charge in [-0.3, -0.25) is 9.59 Å². The van der Waals surface area contributed by atoms with Gasteiger partial charge < -0.3 is 15.4 Å². The van der Waals surface area contributed by atoms with Crippen molar-refractivity contribution in [2.24, 2.45) is 0 Å². The van der Waals surface area contributed by atoms with Crippen LogP contribution in [0.15, 0.2) is 42.5 Å². The van der Waals surface area contributed by atoms with E-state index >= 15 is 0 Å². The molecule has 1 aliphatic heterocycles. The fourth-order valence-corrected chi connectivity index (χ4v) is 2.22. The van der Waals surface area contributed by atoms with Crippen molar-refractivity contribution in [1.82, 2.24) is 0 Å². The first-order valence-electron chi connectivity index (χ1n) is 7.00. The number of carbonyl (C=O) groups excluding carboxylic acids is 2. The number of fused-ring (bicyclic) bond motifs is 1. The minimum absolute atomic E-state index is 0.234. The molecule has 0 unspecified atom stereocenters. The summed E-state index contributed by atoms with van der Waals surface area (Å²) in [5.41, 5.74) is 1.83. The average molecular weight is 307 g/mol. The molecule has 23 heavy (non-hydrogen) atoms. The van der Waals surface area contributed by atoms with Gasteiger partial charge in [0.2, 0.25) is 0 Å². The molecule has 3 rings (SSSR count). The van der Waals surface area contributed by atoms with Gasteiger partial charge in [0.05, 0.1) is 17.3 Å². The van der Waals surface area contributed by atoms with Gasteiger partial charge in [0, 0.05) is 11.3 Å². The Morgan fingerprint density at radius 3 is 2.91 bits per heavy atom. The molecule has 0 saturated heterocycles. The summed E-state index contributed by atoms with van der Waals surface area (Å²) in [6.07, 6.45) is -0.545. The third-order valence-corrected chi connectivity index (χ3v) is 3.42. The number of anilines is 2. The molecule has 0 bridgehead atoms. The van der Waals surface area contributed by atoms with E-state index in [0.29, 0.717) is 28.3 Å². The Kier molecular flexibility index (Phi) is 3.69. The predicted molar refractivity (Wildman–Crippen MR) is 84.3 cm³/mol. The monoisotopic (exact) mass is 307 g/mol. The Bertz CT molecular complexity index is 839. The lowest BCUT2D eigenvalue weighted by Crippen LogP contribution is -2.34. The number of ether oxygens (including phenoxy) is 1. The smallest absolute Gasteiger partial charge is 0.265 e. The minimum atomic E-state index is -0.545. The second kappa shape index (κ2) is 5.81. The number of nitrogens with zero attached hydrogens (tertiary/aromatic N) is 1. The number of nitriles is 1. The number of amides is 2. The average Bonchev–Trinajstić information content (AvgIpc) is 2.56. The molecule has 114 valence electrons. The molecule has 0 aromatic heterocycles. The number of carbonyl (C=O) groups is 2. The van der Waals surface area contributed by atoms with E-state index in [9.17, 15) is 9.59 Å². The highest BCUT2D eigenvalue weighted by Crippen LogP contribution is 2.32. The van der Waals surface area contributed by atoms with E-state index in [1.807, 2.05) is 6.07 Å². The van der Waals surface area contributed by atoms with Crippen LogP contribution in [0.3, 0.4) is 0 Å². The molecule has 0 spiro atoms. The molecule has 1 aliphatic rings. The Balaban J connectivity index is 1.81. The van der Waals surface area contributed by atoms with E-state index in [4.69, 9.17) is 10.00 Å². The molecule has 2 amide bonds. The van der Waals surface area contributed by atoms with Crippen LogP contribution in [-0.2, 0) is 4.79 Å². The van der Waals surface area contributed by atoms with E-state index in [2.05, 4.69) is 10.6 Å². The third-order valence-electron chi connectivity index (χ3n) is 3.42. The number of nitrogens with one attached hydrogen (secondary N) is 2. The van der Waals surface area contributed by atoms with Gasteiger partial charge in [-0.05, 0) is 43.3 Å². The minimum Gasteiger partial charge on any atom is -0.479 e.